The molecule has 4 heteroatoms. The van der Waals surface area contributed by atoms with Crippen LogP contribution in [0.4, 0.5) is 4.39 Å². The maximum absolute atomic E-state index is 13.0. The third kappa shape index (κ3) is 3.31. The van der Waals surface area contributed by atoms with Gasteiger partial charge in [-0.1, -0.05) is 45.7 Å². The van der Waals surface area contributed by atoms with E-state index in [1.54, 1.807) is 6.07 Å². The molecule has 2 rings (SSSR count). The topological polar surface area (TPSA) is 26.0 Å². The lowest BCUT2D eigenvalue weighted by Crippen LogP contribution is -2.14. The van der Waals surface area contributed by atoms with Gasteiger partial charge in [-0.25, -0.2) is 4.39 Å². The number of rotatable bonds is 3. The van der Waals surface area contributed by atoms with Gasteiger partial charge in [0.25, 0.3) is 0 Å². The van der Waals surface area contributed by atoms with E-state index in [1.165, 1.54) is 12.1 Å². The van der Waals surface area contributed by atoms with Crippen molar-refractivity contribution in [2.24, 2.45) is 5.73 Å². The molecule has 0 aromatic heterocycles. The fourth-order valence-corrected chi connectivity index (χ4v) is 2.69. The fourth-order valence-electron chi connectivity index (χ4n) is 1.83. The summed E-state index contributed by atoms with van der Waals surface area (Å²) >= 11 is 9.26. The first-order chi connectivity index (χ1) is 8.56. The molecule has 0 aliphatic heterocycles. The van der Waals surface area contributed by atoms with Crippen molar-refractivity contribution in [3.63, 3.8) is 0 Å². The maximum atomic E-state index is 13.0. The van der Waals surface area contributed by atoms with E-state index >= 15 is 0 Å². The minimum absolute atomic E-state index is 0.196. The molecule has 0 radical (unpaired) electrons. The quantitative estimate of drug-likeness (QED) is 0.883. The molecule has 94 valence electrons. The molecule has 2 aromatic carbocycles. The standard InChI is InChI=1S/C14H12BrClFN/c15-13-8-11(17)4-5-12(13)14(18)7-9-2-1-3-10(16)6-9/h1-6,8,14H,7,18H2. The number of halogens is 3. The molecule has 1 atom stereocenters. The lowest BCUT2D eigenvalue weighted by molar-refractivity contribution is 0.623. The summed E-state index contributed by atoms with van der Waals surface area (Å²) in [6, 6.07) is 11.9. The second kappa shape index (κ2) is 5.83. The molecule has 0 spiro atoms. The Morgan fingerprint density at radius 2 is 2.00 bits per heavy atom. The van der Waals surface area contributed by atoms with E-state index in [0.717, 1.165) is 11.1 Å². The first-order valence-electron chi connectivity index (χ1n) is 5.51. The van der Waals surface area contributed by atoms with Crippen molar-refractivity contribution < 1.29 is 4.39 Å². The van der Waals surface area contributed by atoms with Gasteiger partial charge >= 0.3 is 0 Å². The minimum atomic E-state index is -0.277. The van der Waals surface area contributed by atoms with Gasteiger partial charge in [-0.15, -0.1) is 0 Å². The van der Waals surface area contributed by atoms with Crippen molar-refractivity contribution in [3.8, 4) is 0 Å². The van der Waals surface area contributed by atoms with Crippen LogP contribution in [0, 0.1) is 5.82 Å². The minimum Gasteiger partial charge on any atom is -0.324 e. The van der Waals surface area contributed by atoms with E-state index in [0.29, 0.717) is 15.9 Å². The molecule has 0 saturated carbocycles. The maximum Gasteiger partial charge on any atom is 0.124 e. The summed E-state index contributed by atoms with van der Waals surface area (Å²) in [5.41, 5.74) is 8.08. The van der Waals surface area contributed by atoms with Crippen LogP contribution in [0.3, 0.4) is 0 Å². The third-order valence-corrected chi connectivity index (χ3v) is 3.63. The number of nitrogens with two attached hydrogens (primary N) is 1. The summed E-state index contributed by atoms with van der Waals surface area (Å²) in [5, 5.41) is 0.692. The van der Waals surface area contributed by atoms with Crippen LogP contribution < -0.4 is 5.73 Å². The van der Waals surface area contributed by atoms with Gasteiger partial charge in [0.15, 0.2) is 0 Å². The largest absolute Gasteiger partial charge is 0.324 e. The molecule has 2 N–H and O–H groups in total. The Balaban J connectivity index is 2.19. The SMILES string of the molecule is NC(Cc1cccc(Cl)c1)c1ccc(F)cc1Br. The summed E-state index contributed by atoms with van der Waals surface area (Å²) in [4.78, 5) is 0. The zero-order valence-electron chi connectivity index (χ0n) is 9.54. The number of hydrogen-bond donors (Lipinski definition) is 1. The summed E-state index contributed by atoms with van der Waals surface area (Å²) in [7, 11) is 0. The predicted molar refractivity (Wildman–Crippen MR) is 76.2 cm³/mol. The first-order valence-corrected chi connectivity index (χ1v) is 6.68. The highest BCUT2D eigenvalue weighted by atomic mass is 79.9. The molecular formula is C14H12BrClFN. The summed E-state index contributed by atoms with van der Waals surface area (Å²) < 4.78 is 13.7. The monoisotopic (exact) mass is 327 g/mol. The number of hydrogen-bond acceptors (Lipinski definition) is 1. The Bertz CT molecular complexity index is 559. The van der Waals surface area contributed by atoms with Crippen LogP contribution in [-0.4, -0.2) is 0 Å². The number of benzene rings is 2. The van der Waals surface area contributed by atoms with Gasteiger partial charge in [-0.05, 0) is 41.8 Å². The lowest BCUT2D eigenvalue weighted by Gasteiger charge is -2.14. The van der Waals surface area contributed by atoms with Gasteiger partial charge in [0.2, 0.25) is 0 Å². The van der Waals surface area contributed by atoms with Gasteiger partial charge in [-0.2, -0.15) is 0 Å². The van der Waals surface area contributed by atoms with Gasteiger partial charge in [0.05, 0.1) is 0 Å². The van der Waals surface area contributed by atoms with Crippen molar-refractivity contribution in [2.45, 2.75) is 12.5 Å². The summed E-state index contributed by atoms with van der Waals surface area (Å²) in [5.74, 6) is -0.277. The average Bonchev–Trinajstić information content (AvgIpc) is 2.28. The molecule has 0 heterocycles. The molecule has 0 saturated heterocycles. The average molecular weight is 329 g/mol. The van der Waals surface area contributed by atoms with Crippen molar-refractivity contribution in [3.05, 3.63) is 68.9 Å². The van der Waals surface area contributed by atoms with Crippen LogP contribution in [0.25, 0.3) is 0 Å². The highest BCUT2D eigenvalue weighted by Crippen LogP contribution is 2.26. The van der Waals surface area contributed by atoms with Crippen LogP contribution in [0.2, 0.25) is 5.02 Å². The molecule has 18 heavy (non-hydrogen) atoms. The normalized spacial score (nSPS) is 12.4. The van der Waals surface area contributed by atoms with Crippen molar-refractivity contribution in [2.75, 3.05) is 0 Å². The van der Waals surface area contributed by atoms with Crippen molar-refractivity contribution in [1.29, 1.82) is 0 Å². The lowest BCUT2D eigenvalue weighted by atomic mass is 10.00. The molecule has 0 aliphatic rings. The summed E-state index contributed by atoms with van der Waals surface area (Å²) in [6.07, 6.45) is 0.658. The Kier molecular flexibility index (Phi) is 4.38. The van der Waals surface area contributed by atoms with Crippen LogP contribution >= 0.6 is 27.5 Å². The van der Waals surface area contributed by atoms with Crippen LogP contribution in [-0.2, 0) is 6.42 Å². The highest BCUT2D eigenvalue weighted by molar-refractivity contribution is 9.10. The van der Waals surface area contributed by atoms with Gasteiger partial charge in [-0.3, -0.25) is 0 Å². The Labute approximate surface area is 119 Å². The smallest absolute Gasteiger partial charge is 0.124 e. The molecule has 1 nitrogen and oxygen atoms in total. The van der Waals surface area contributed by atoms with Crippen LogP contribution in [0.1, 0.15) is 17.2 Å². The zero-order chi connectivity index (χ0) is 13.1. The van der Waals surface area contributed by atoms with Crippen LogP contribution in [0.15, 0.2) is 46.9 Å². The van der Waals surface area contributed by atoms with E-state index < -0.39 is 0 Å². The molecule has 0 bridgehead atoms. The Hall–Kier alpha value is -0.900. The van der Waals surface area contributed by atoms with Crippen LogP contribution in [0.5, 0.6) is 0 Å². The molecule has 2 aromatic rings. The van der Waals surface area contributed by atoms with E-state index in [4.69, 9.17) is 17.3 Å². The van der Waals surface area contributed by atoms with Gasteiger partial charge in [0, 0.05) is 15.5 Å². The Morgan fingerprint density at radius 1 is 1.22 bits per heavy atom. The van der Waals surface area contributed by atoms with Gasteiger partial charge < -0.3 is 5.73 Å². The third-order valence-electron chi connectivity index (χ3n) is 2.71. The second-order valence-electron chi connectivity index (χ2n) is 4.11. The van der Waals surface area contributed by atoms with E-state index in [9.17, 15) is 4.39 Å². The molecule has 0 amide bonds. The van der Waals surface area contributed by atoms with Gasteiger partial charge in [0.1, 0.15) is 5.82 Å². The van der Waals surface area contributed by atoms with Crippen molar-refractivity contribution >= 4 is 27.5 Å². The predicted octanol–water partition coefficient (Wildman–Crippen LogP) is 4.48. The van der Waals surface area contributed by atoms with E-state index in [1.807, 2.05) is 24.3 Å². The van der Waals surface area contributed by atoms with E-state index in [2.05, 4.69) is 15.9 Å². The molecule has 0 aliphatic carbocycles. The van der Waals surface area contributed by atoms with Crippen molar-refractivity contribution in [1.82, 2.24) is 0 Å². The van der Waals surface area contributed by atoms with E-state index in [-0.39, 0.29) is 11.9 Å². The summed E-state index contributed by atoms with van der Waals surface area (Å²) in [6.45, 7) is 0. The zero-order valence-corrected chi connectivity index (χ0v) is 11.9. The first kappa shape index (κ1) is 13.5. The molecular weight excluding hydrogens is 317 g/mol. The second-order valence-corrected chi connectivity index (χ2v) is 5.40. The Morgan fingerprint density at radius 3 is 2.67 bits per heavy atom. The highest BCUT2D eigenvalue weighted by Gasteiger charge is 2.11. The molecule has 0 fully saturated rings. The molecule has 1 unspecified atom stereocenters. The fraction of sp³-hybridized carbons (Fsp3) is 0.143.